The summed E-state index contributed by atoms with van der Waals surface area (Å²) < 4.78 is 5.09. The molecular weight excluding hydrogens is 204 g/mol. The molecule has 0 saturated carbocycles. The number of aliphatic hydroxyl groups excluding tert-OH is 1. The van der Waals surface area contributed by atoms with Crippen molar-refractivity contribution < 1.29 is 9.84 Å². The first-order valence-electron chi connectivity index (χ1n) is 5.65. The van der Waals surface area contributed by atoms with Gasteiger partial charge in [-0.05, 0) is 18.4 Å². The summed E-state index contributed by atoms with van der Waals surface area (Å²) in [6, 6.07) is 5.70. The number of ether oxygens (including phenoxy) is 1. The van der Waals surface area contributed by atoms with Gasteiger partial charge in [0, 0.05) is 19.2 Å². The van der Waals surface area contributed by atoms with Gasteiger partial charge < -0.3 is 14.7 Å². The summed E-state index contributed by atoms with van der Waals surface area (Å²) in [5, 5.41) is 9.84. The minimum atomic E-state index is -0.262. The van der Waals surface area contributed by atoms with Crippen LogP contribution in [0.15, 0.2) is 18.2 Å². The fourth-order valence-electron chi connectivity index (χ4n) is 1.95. The van der Waals surface area contributed by atoms with Crippen LogP contribution >= 0.6 is 0 Å². The van der Waals surface area contributed by atoms with E-state index in [0.717, 1.165) is 18.8 Å². The van der Waals surface area contributed by atoms with Gasteiger partial charge in [-0.15, -0.1) is 0 Å². The van der Waals surface area contributed by atoms with Crippen LogP contribution in [0.25, 0.3) is 0 Å². The zero-order valence-electron chi connectivity index (χ0n) is 9.76. The van der Waals surface area contributed by atoms with E-state index in [1.54, 1.807) is 7.11 Å². The van der Waals surface area contributed by atoms with Crippen molar-refractivity contribution in [1.29, 1.82) is 0 Å². The number of aromatic nitrogens is 1. The number of hydrogen-bond donors (Lipinski definition) is 1. The lowest BCUT2D eigenvalue weighted by atomic mass is 9.96. The van der Waals surface area contributed by atoms with Crippen molar-refractivity contribution in [2.45, 2.75) is 19.4 Å². The molecule has 2 rings (SSSR count). The summed E-state index contributed by atoms with van der Waals surface area (Å²) in [5.41, 5.74) is 0. The highest BCUT2D eigenvalue weighted by molar-refractivity contribution is 5.41. The van der Waals surface area contributed by atoms with Gasteiger partial charge in [-0.2, -0.15) is 4.98 Å². The van der Waals surface area contributed by atoms with E-state index in [1.807, 2.05) is 18.2 Å². The van der Waals surface area contributed by atoms with E-state index in [-0.39, 0.29) is 6.10 Å². The van der Waals surface area contributed by atoms with Gasteiger partial charge in [0.25, 0.3) is 0 Å². The molecule has 0 radical (unpaired) electrons. The van der Waals surface area contributed by atoms with E-state index >= 15 is 0 Å². The number of piperidine rings is 1. The van der Waals surface area contributed by atoms with Crippen LogP contribution in [0.5, 0.6) is 5.88 Å². The molecule has 0 amide bonds. The van der Waals surface area contributed by atoms with Gasteiger partial charge in [0.1, 0.15) is 5.82 Å². The molecule has 1 aliphatic rings. The van der Waals surface area contributed by atoms with Gasteiger partial charge in [0.2, 0.25) is 5.88 Å². The molecule has 4 nitrogen and oxygen atoms in total. The standard InChI is InChI=1S/C12H18N2O2/c1-9-6-7-14(8-10(9)15)11-4-3-5-12(13-11)16-2/h3-5,9-10,15H,6-8H2,1-2H3. The Balaban J connectivity index is 2.12. The smallest absolute Gasteiger partial charge is 0.214 e. The van der Waals surface area contributed by atoms with Crippen molar-refractivity contribution in [2.24, 2.45) is 5.92 Å². The second kappa shape index (κ2) is 4.70. The number of rotatable bonds is 2. The fraction of sp³-hybridized carbons (Fsp3) is 0.583. The Morgan fingerprint density at radius 1 is 1.50 bits per heavy atom. The van der Waals surface area contributed by atoms with Gasteiger partial charge in [-0.25, -0.2) is 0 Å². The van der Waals surface area contributed by atoms with Crippen LogP contribution in [0.2, 0.25) is 0 Å². The SMILES string of the molecule is COc1cccc(N2CCC(C)C(O)C2)n1. The molecule has 1 aromatic heterocycles. The Morgan fingerprint density at radius 2 is 2.31 bits per heavy atom. The average molecular weight is 222 g/mol. The molecule has 1 fully saturated rings. The first-order chi connectivity index (χ1) is 7.70. The summed E-state index contributed by atoms with van der Waals surface area (Å²) in [6.45, 7) is 3.68. The predicted molar refractivity (Wildman–Crippen MR) is 62.8 cm³/mol. The molecule has 0 aliphatic carbocycles. The van der Waals surface area contributed by atoms with E-state index < -0.39 is 0 Å². The highest BCUT2D eigenvalue weighted by Crippen LogP contribution is 2.23. The molecule has 1 N–H and O–H groups in total. The summed E-state index contributed by atoms with van der Waals surface area (Å²) in [7, 11) is 1.61. The molecule has 0 aromatic carbocycles. The number of β-amino-alcohol motifs (C(OH)–C–C–N with tert-alkyl or cyclic N) is 1. The van der Waals surface area contributed by atoms with Crippen molar-refractivity contribution in [3.63, 3.8) is 0 Å². The van der Waals surface area contributed by atoms with E-state index in [2.05, 4.69) is 16.8 Å². The van der Waals surface area contributed by atoms with Crippen LogP contribution in [0.4, 0.5) is 5.82 Å². The van der Waals surface area contributed by atoms with Crippen molar-refractivity contribution in [1.82, 2.24) is 4.98 Å². The first kappa shape index (κ1) is 11.2. The Morgan fingerprint density at radius 3 is 3.00 bits per heavy atom. The topological polar surface area (TPSA) is 45.6 Å². The molecule has 2 atom stereocenters. The van der Waals surface area contributed by atoms with Gasteiger partial charge in [0.05, 0.1) is 13.2 Å². The molecule has 2 heterocycles. The first-order valence-corrected chi connectivity index (χ1v) is 5.65. The van der Waals surface area contributed by atoms with Crippen LogP contribution in [-0.4, -0.2) is 36.4 Å². The normalized spacial score (nSPS) is 25.6. The zero-order valence-corrected chi connectivity index (χ0v) is 9.76. The molecule has 4 heteroatoms. The molecule has 1 saturated heterocycles. The maximum Gasteiger partial charge on any atom is 0.214 e. The molecule has 0 bridgehead atoms. The van der Waals surface area contributed by atoms with Crippen molar-refractivity contribution in [3.8, 4) is 5.88 Å². The van der Waals surface area contributed by atoms with Gasteiger partial charge in [0.15, 0.2) is 0 Å². The highest BCUT2D eigenvalue weighted by atomic mass is 16.5. The maximum atomic E-state index is 9.84. The molecule has 2 unspecified atom stereocenters. The number of pyridine rings is 1. The highest BCUT2D eigenvalue weighted by Gasteiger charge is 2.24. The minimum absolute atomic E-state index is 0.262. The third-order valence-electron chi connectivity index (χ3n) is 3.16. The lowest BCUT2D eigenvalue weighted by molar-refractivity contribution is 0.102. The number of methoxy groups -OCH3 is 1. The number of hydrogen-bond acceptors (Lipinski definition) is 4. The third-order valence-corrected chi connectivity index (χ3v) is 3.16. The van der Waals surface area contributed by atoms with Crippen LogP contribution < -0.4 is 9.64 Å². The fourth-order valence-corrected chi connectivity index (χ4v) is 1.95. The van der Waals surface area contributed by atoms with E-state index in [4.69, 9.17) is 4.74 Å². The molecular formula is C12H18N2O2. The predicted octanol–water partition coefficient (Wildman–Crippen LogP) is 1.30. The number of aliphatic hydroxyl groups is 1. The third kappa shape index (κ3) is 2.27. The zero-order chi connectivity index (χ0) is 11.5. The molecule has 1 aromatic rings. The molecule has 0 spiro atoms. The van der Waals surface area contributed by atoms with Crippen molar-refractivity contribution >= 4 is 5.82 Å². The Bertz CT molecular complexity index is 357. The van der Waals surface area contributed by atoms with Crippen molar-refractivity contribution in [3.05, 3.63) is 18.2 Å². The lowest BCUT2D eigenvalue weighted by Crippen LogP contribution is -2.43. The minimum Gasteiger partial charge on any atom is -0.481 e. The molecule has 88 valence electrons. The summed E-state index contributed by atoms with van der Waals surface area (Å²) in [5.74, 6) is 1.87. The quantitative estimate of drug-likeness (QED) is 0.819. The summed E-state index contributed by atoms with van der Waals surface area (Å²) in [4.78, 5) is 6.47. The Labute approximate surface area is 95.9 Å². The maximum absolute atomic E-state index is 9.84. The van der Waals surface area contributed by atoms with E-state index in [0.29, 0.717) is 18.3 Å². The van der Waals surface area contributed by atoms with Crippen molar-refractivity contribution in [2.75, 3.05) is 25.1 Å². The monoisotopic (exact) mass is 222 g/mol. The van der Waals surface area contributed by atoms with Gasteiger partial charge in [-0.3, -0.25) is 0 Å². The number of nitrogens with zero attached hydrogens (tertiary/aromatic N) is 2. The van der Waals surface area contributed by atoms with Gasteiger partial charge in [-0.1, -0.05) is 13.0 Å². The van der Waals surface area contributed by atoms with Gasteiger partial charge >= 0.3 is 0 Å². The van der Waals surface area contributed by atoms with Crippen LogP contribution in [-0.2, 0) is 0 Å². The summed E-state index contributed by atoms with van der Waals surface area (Å²) >= 11 is 0. The Kier molecular flexibility index (Phi) is 3.29. The summed E-state index contributed by atoms with van der Waals surface area (Å²) in [6.07, 6.45) is 0.738. The number of anilines is 1. The largest absolute Gasteiger partial charge is 0.481 e. The second-order valence-corrected chi connectivity index (χ2v) is 4.32. The molecule has 1 aliphatic heterocycles. The Hall–Kier alpha value is -1.29. The lowest BCUT2D eigenvalue weighted by Gasteiger charge is -2.35. The van der Waals surface area contributed by atoms with Crippen LogP contribution in [0, 0.1) is 5.92 Å². The second-order valence-electron chi connectivity index (χ2n) is 4.32. The average Bonchev–Trinajstić information content (AvgIpc) is 2.33. The van der Waals surface area contributed by atoms with E-state index in [1.165, 1.54) is 0 Å². The molecule has 16 heavy (non-hydrogen) atoms. The van der Waals surface area contributed by atoms with Crippen LogP contribution in [0.1, 0.15) is 13.3 Å². The van der Waals surface area contributed by atoms with Crippen LogP contribution in [0.3, 0.4) is 0 Å². The van der Waals surface area contributed by atoms with E-state index in [9.17, 15) is 5.11 Å².